The van der Waals surface area contributed by atoms with E-state index in [1.165, 1.54) is 17.0 Å². The van der Waals surface area contributed by atoms with Gasteiger partial charge in [-0.2, -0.15) is 5.10 Å². The highest BCUT2D eigenvalue weighted by atomic mass is 19.1. The molecule has 2 saturated heterocycles. The summed E-state index contributed by atoms with van der Waals surface area (Å²) in [5, 5.41) is 7.89. The standard InChI is InChI=1S/C29H28FN5O4/c1-18-28(37)35(29(38)34(18)14-13-33-12-4-8-24(33)26-9-5-15-39-26)25-17-19(10-11-22(25)30)16-23-20-6-2-3-7-21(20)27(36)32-31-23/h2-3,5-7,9-11,15,17-18,24H,4,8,12-14,16H2,1H3,(H,32,36). The number of hydrogen-bond acceptors (Lipinski definition) is 6. The molecule has 4 aromatic rings. The number of aromatic nitrogens is 2. The number of benzene rings is 2. The van der Waals surface area contributed by atoms with E-state index < -0.39 is 23.8 Å². The lowest BCUT2D eigenvalue weighted by molar-refractivity contribution is -0.119. The van der Waals surface area contributed by atoms with E-state index in [2.05, 4.69) is 15.1 Å². The van der Waals surface area contributed by atoms with Crippen molar-refractivity contribution >= 4 is 28.4 Å². The number of furan rings is 1. The Labute approximate surface area is 223 Å². The third kappa shape index (κ3) is 4.50. The zero-order chi connectivity index (χ0) is 27.1. The van der Waals surface area contributed by atoms with Crippen LogP contribution in [-0.4, -0.2) is 57.6 Å². The van der Waals surface area contributed by atoms with Crippen molar-refractivity contribution in [1.82, 2.24) is 20.0 Å². The number of H-pyrrole nitrogens is 1. The molecule has 0 spiro atoms. The van der Waals surface area contributed by atoms with Crippen LogP contribution in [0.1, 0.15) is 42.8 Å². The fourth-order valence-corrected chi connectivity index (χ4v) is 5.69. The van der Waals surface area contributed by atoms with Crippen LogP contribution >= 0.6 is 0 Å². The number of fused-ring (bicyclic) bond motifs is 1. The summed E-state index contributed by atoms with van der Waals surface area (Å²) in [6.07, 6.45) is 3.94. The lowest BCUT2D eigenvalue weighted by Crippen LogP contribution is -2.40. The number of halogens is 1. The van der Waals surface area contributed by atoms with Crippen molar-refractivity contribution in [1.29, 1.82) is 0 Å². The molecule has 2 aromatic carbocycles. The molecule has 0 bridgehead atoms. The molecule has 2 unspecified atom stereocenters. The van der Waals surface area contributed by atoms with Crippen LogP contribution in [-0.2, 0) is 11.2 Å². The van der Waals surface area contributed by atoms with Gasteiger partial charge in [0.2, 0.25) is 0 Å². The molecule has 2 aromatic heterocycles. The van der Waals surface area contributed by atoms with Gasteiger partial charge in [-0.1, -0.05) is 24.3 Å². The molecular formula is C29H28FN5O4. The highest BCUT2D eigenvalue weighted by Crippen LogP contribution is 2.33. The maximum atomic E-state index is 15.1. The Hall–Kier alpha value is -4.31. The number of nitrogens with zero attached hydrogens (tertiary/aromatic N) is 4. The molecule has 1 N–H and O–H groups in total. The van der Waals surface area contributed by atoms with Crippen LogP contribution in [0.2, 0.25) is 0 Å². The van der Waals surface area contributed by atoms with Gasteiger partial charge in [-0.05, 0) is 62.2 Å². The lowest BCUT2D eigenvalue weighted by Gasteiger charge is -2.26. The molecule has 200 valence electrons. The largest absolute Gasteiger partial charge is 0.468 e. The van der Waals surface area contributed by atoms with Gasteiger partial charge in [0.1, 0.15) is 17.6 Å². The summed E-state index contributed by atoms with van der Waals surface area (Å²) >= 11 is 0. The van der Waals surface area contributed by atoms with E-state index in [-0.39, 0.29) is 23.7 Å². The first-order chi connectivity index (χ1) is 18.9. The molecular weight excluding hydrogens is 501 g/mol. The Kier molecular flexibility index (Phi) is 6.48. The van der Waals surface area contributed by atoms with E-state index >= 15 is 4.39 Å². The lowest BCUT2D eigenvalue weighted by atomic mass is 10.0. The minimum Gasteiger partial charge on any atom is -0.468 e. The highest BCUT2D eigenvalue weighted by molar-refractivity contribution is 6.21. The first-order valence-electron chi connectivity index (χ1n) is 13.1. The third-order valence-corrected chi connectivity index (χ3v) is 7.74. The summed E-state index contributed by atoms with van der Waals surface area (Å²) in [4.78, 5) is 43.5. The number of carbonyl (C=O) groups excluding carboxylic acids is 2. The molecule has 2 atom stereocenters. The number of imide groups is 1. The average Bonchev–Trinajstić information content (AvgIpc) is 3.68. The van der Waals surface area contributed by atoms with Crippen molar-refractivity contribution in [3.05, 3.63) is 94.0 Å². The number of nitrogens with one attached hydrogen (secondary N) is 1. The zero-order valence-electron chi connectivity index (χ0n) is 21.5. The van der Waals surface area contributed by atoms with Crippen molar-refractivity contribution in [3.8, 4) is 0 Å². The molecule has 0 aliphatic carbocycles. The second-order valence-electron chi connectivity index (χ2n) is 10.0. The van der Waals surface area contributed by atoms with E-state index in [0.717, 1.165) is 30.0 Å². The Morgan fingerprint density at radius 3 is 2.67 bits per heavy atom. The van der Waals surface area contributed by atoms with Crippen LogP contribution in [0.25, 0.3) is 10.8 Å². The zero-order valence-corrected chi connectivity index (χ0v) is 21.5. The van der Waals surface area contributed by atoms with E-state index in [1.807, 2.05) is 18.2 Å². The molecule has 0 radical (unpaired) electrons. The van der Waals surface area contributed by atoms with Gasteiger partial charge in [0.15, 0.2) is 0 Å². The van der Waals surface area contributed by atoms with Crippen LogP contribution in [0, 0.1) is 5.82 Å². The van der Waals surface area contributed by atoms with E-state index in [0.29, 0.717) is 35.1 Å². The molecule has 39 heavy (non-hydrogen) atoms. The fourth-order valence-electron chi connectivity index (χ4n) is 5.69. The van der Waals surface area contributed by atoms with Crippen molar-refractivity contribution in [3.63, 3.8) is 0 Å². The predicted molar refractivity (Wildman–Crippen MR) is 143 cm³/mol. The third-order valence-electron chi connectivity index (χ3n) is 7.74. The van der Waals surface area contributed by atoms with Crippen LogP contribution in [0.15, 0.2) is 70.1 Å². The van der Waals surface area contributed by atoms with Gasteiger partial charge >= 0.3 is 6.03 Å². The maximum absolute atomic E-state index is 15.1. The number of hydrogen-bond donors (Lipinski definition) is 1. The molecule has 10 heteroatoms. The minimum atomic E-state index is -0.713. The number of anilines is 1. The number of carbonyl (C=O) groups is 2. The molecule has 2 aliphatic rings. The molecule has 0 saturated carbocycles. The van der Waals surface area contributed by atoms with Crippen LogP contribution < -0.4 is 10.5 Å². The summed E-state index contributed by atoms with van der Waals surface area (Å²) < 4.78 is 20.7. The van der Waals surface area contributed by atoms with Crippen molar-refractivity contribution in [2.75, 3.05) is 24.5 Å². The first-order valence-corrected chi connectivity index (χ1v) is 13.1. The number of rotatable bonds is 7. The van der Waals surface area contributed by atoms with E-state index in [9.17, 15) is 14.4 Å². The second-order valence-corrected chi connectivity index (χ2v) is 10.0. The second kappa shape index (κ2) is 10.1. The summed E-state index contributed by atoms with van der Waals surface area (Å²) in [6.45, 7) is 3.47. The predicted octanol–water partition coefficient (Wildman–Crippen LogP) is 4.24. The Morgan fingerprint density at radius 1 is 1.05 bits per heavy atom. The van der Waals surface area contributed by atoms with Gasteiger partial charge in [-0.15, -0.1) is 0 Å². The Bertz CT molecular complexity index is 1600. The van der Waals surface area contributed by atoms with Crippen molar-refractivity contribution < 1.29 is 18.4 Å². The average molecular weight is 530 g/mol. The Balaban J connectivity index is 1.22. The monoisotopic (exact) mass is 529 g/mol. The first kappa shape index (κ1) is 25.0. The molecule has 9 nitrogen and oxygen atoms in total. The highest BCUT2D eigenvalue weighted by Gasteiger charge is 2.44. The number of amides is 3. The molecule has 2 aliphatic heterocycles. The molecule has 4 heterocycles. The normalized spacial score (nSPS) is 20.1. The minimum absolute atomic E-state index is 0.0831. The smallest absolute Gasteiger partial charge is 0.332 e. The van der Waals surface area contributed by atoms with E-state index in [1.54, 1.807) is 37.5 Å². The maximum Gasteiger partial charge on any atom is 0.332 e. The summed E-state index contributed by atoms with van der Waals surface area (Å²) in [5.74, 6) is -0.228. The SMILES string of the molecule is CC1C(=O)N(c2cc(Cc3n[nH]c(=O)c4ccccc34)ccc2F)C(=O)N1CCN1CCCC1c1ccco1. The summed E-state index contributed by atoms with van der Waals surface area (Å²) in [6, 6.07) is 14.2. The fraction of sp³-hybridized carbons (Fsp3) is 0.310. The summed E-state index contributed by atoms with van der Waals surface area (Å²) in [5.41, 5.74) is 0.885. The van der Waals surface area contributed by atoms with Crippen LogP contribution in [0.3, 0.4) is 0 Å². The molecule has 2 fully saturated rings. The molecule has 3 amide bonds. The van der Waals surface area contributed by atoms with Crippen LogP contribution in [0.5, 0.6) is 0 Å². The quantitative estimate of drug-likeness (QED) is 0.359. The van der Waals surface area contributed by atoms with Gasteiger partial charge in [0.05, 0.1) is 29.1 Å². The van der Waals surface area contributed by atoms with Gasteiger partial charge in [-0.3, -0.25) is 14.5 Å². The topological polar surface area (TPSA) is 103 Å². The van der Waals surface area contributed by atoms with E-state index in [4.69, 9.17) is 4.42 Å². The molecule has 6 rings (SSSR count). The van der Waals surface area contributed by atoms with Crippen molar-refractivity contribution in [2.24, 2.45) is 0 Å². The Morgan fingerprint density at radius 2 is 1.87 bits per heavy atom. The summed E-state index contributed by atoms with van der Waals surface area (Å²) in [7, 11) is 0. The van der Waals surface area contributed by atoms with Gasteiger partial charge < -0.3 is 9.32 Å². The van der Waals surface area contributed by atoms with Gasteiger partial charge in [0.25, 0.3) is 11.5 Å². The van der Waals surface area contributed by atoms with Crippen LogP contribution in [0.4, 0.5) is 14.9 Å². The number of likely N-dealkylation sites (tertiary alicyclic amines) is 1. The van der Waals surface area contributed by atoms with Gasteiger partial charge in [0, 0.05) is 24.9 Å². The van der Waals surface area contributed by atoms with Gasteiger partial charge in [-0.25, -0.2) is 19.2 Å². The van der Waals surface area contributed by atoms with Crippen molar-refractivity contribution in [2.45, 2.75) is 38.3 Å². The number of urea groups is 1. The number of aromatic amines is 1.